The summed E-state index contributed by atoms with van der Waals surface area (Å²) in [6.07, 6.45) is 3.41. The summed E-state index contributed by atoms with van der Waals surface area (Å²) in [5.74, 6) is 0.308. The van der Waals surface area contributed by atoms with Gasteiger partial charge in [0, 0.05) is 13.7 Å². The van der Waals surface area contributed by atoms with Crippen molar-refractivity contribution in [3.63, 3.8) is 0 Å². The molecular weight excluding hydrogens is 306 g/mol. The van der Waals surface area contributed by atoms with Crippen LogP contribution in [-0.2, 0) is 14.3 Å². The van der Waals surface area contributed by atoms with Crippen LogP contribution in [-0.4, -0.2) is 51.2 Å². The fourth-order valence-corrected chi connectivity index (χ4v) is 2.56. The number of rotatable bonds is 8. The summed E-state index contributed by atoms with van der Waals surface area (Å²) in [7, 11) is 1.46. The van der Waals surface area contributed by atoms with Crippen molar-refractivity contribution >= 4 is 24.2 Å². The zero-order chi connectivity index (χ0) is 15.7. The molecule has 1 unspecified atom stereocenters. The number of piperidine rings is 1. The van der Waals surface area contributed by atoms with Crippen LogP contribution in [0.2, 0.25) is 0 Å². The number of amides is 2. The van der Waals surface area contributed by atoms with Crippen LogP contribution in [0.15, 0.2) is 0 Å². The van der Waals surface area contributed by atoms with Gasteiger partial charge in [-0.25, -0.2) is 0 Å². The summed E-state index contributed by atoms with van der Waals surface area (Å²) in [4.78, 5) is 23.7. The molecule has 2 atom stereocenters. The maximum absolute atomic E-state index is 12.2. The monoisotopic (exact) mass is 335 g/mol. The second kappa shape index (κ2) is 11.7. The Morgan fingerprint density at radius 2 is 2.09 bits per heavy atom. The van der Waals surface area contributed by atoms with Crippen molar-refractivity contribution in [3.8, 4) is 0 Å². The first kappa shape index (κ1) is 21.1. The van der Waals surface area contributed by atoms with E-state index >= 15 is 0 Å². The van der Waals surface area contributed by atoms with Crippen LogP contribution in [0.1, 0.15) is 33.1 Å². The summed E-state index contributed by atoms with van der Waals surface area (Å²) < 4.78 is 4.77. The number of methoxy groups -OCH3 is 1. The summed E-state index contributed by atoms with van der Waals surface area (Å²) >= 11 is 0. The Kier molecular flexibility index (Phi) is 11.2. The Labute approximate surface area is 139 Å². The van der Waals surface area contributed by atoms with Crippen LogP contribution in [0.3, 0.4) is 0 Å². The first-order valence-corrected chi connectivity index (χ1v) is 7.81. The zero-order valence-corrected chi connectivity index (χ0v) is 14.6. The SMILES string of the molecule is COCC(=O)N[C@H](C(=O)NCCC1CCCNC1)C(C)C.Cl. The average Bonchev–Trinajstić information content (AvgIpc) is 2.45. The molecule has 0 bridgehead atoms. The number of carbonyl (C=O) groups is 2. The van der Waals surface area contributed by atoms with Crippen molar-refractivity contribution in [1.82, 2.24) is 16.0 Å². The van der Waals surface area contributed by atoms with E-state index in [4.69, 9.17) is 4.74 Å². The molecule has 0 aromatic heterocycles. The number of ether oxygens (including phenoxy) is 1. The van der Waals surface area contributed by atoms with E-state index < -0.39 is 6.04 Å². The van der Waals surface area contributed by atoms with Gasteiger partial charge >= 0.3 is 0 Å². The fraction of sp³-hybridized carbons (Fsp3) is 0.867. The number of carbonyl (C=O) groups excluding carboxylic acids is 2. The molecule has 7 heteroatoms. The van der Waals surface area contributed by atoms with Gasteiger partial charge in [0.05, 0.1) is 0 Å². The molecule has 0 aromatic carbocycles. The molecule has 1 rings (SSSR count). The molecule has 2 amide bonds. The lowest BCUT2D eigenvalue weighted by molar-refractivity contribution is -0.131. The van der Waals surface area contributed by atoms with Gasteiger partial charge in [0.2, 0.25) is 11.8 Å². The van der Waals surface area contributed by atoms with E-state index in [1.807, 2.05) is 13.8 Å². The van der Waals surface area contributed by atoms with Gasteiger partial charge < -0.3 is 20.7 Å². The maximum Gasteiger partial charge on any atom is 0.246 e. The quantitative estimate of drug-likeness (QED) is 0.610. The summed E-state index contributed by atoms with van der Waals surface area (Å²) in [6, 6.07) is -0.503. The van der Waals surface area contributed by atoms with Gasteiger partial charge in [-0.1, -0.05) is 13.8 Å². The molecule has 0 aliphatic carbocycles. The van der Waals surface area contributed by atoms with Gasteiger partial charge in [-0.2, -0.15) is 0 Å². The average molecular weight is 336 g/mol. The zero-order valence-electron chi connectivity index (χ0n) is 13.8. The second-order valence-corrected chi connectivity index (χ2v) is 6.01. The highest BCUT2D eigenvalue weighted by atomic mass is 35.5. The molecule has 6 nitrogen and oxygen atoms in total. The second-order valence-electron chi connectivity index (χ2n) is 6.01. The number of hydrogen-bond donors (Lipinski definition) is 3. The van der Waals surface area contributed by atoms with E-state index in [1.54, 1.807) is 0 Å². The summed E-state index contributed by atoms with van der Waals surface area (Å²) in [5.41, 5.74) is 0. The van der Waals surface area contributed by atoms with Gasteiger partial charge in [0.25, 0.3) is 0 Å². The van der Waals surface area contributed by atoms with Crippen LogP contribution < -0.4 is 16.0 Å². The van der Waals surface area contributed by atoms with E-state index in [2.05, 4.69) is 16.0 Å². The van der Waals surface area contributed by atoms with Crippen LogP contribution in [0.25, 0.3) is 0 Å². The van der Waals surface area contributed by atoms with Gasteiger partial charge in [-0.15, -0.1) is 12.4 Å². The topological polar surface area (TPSA) is 79.5 Å². The third kappa shape index (κ3) is 7.96. The standard InChI is InChI=1S/C15H29N3O3.ClH/c1-11(2)14(18-13(19)10-21-3)15(20)17-8-6-12-5-4-7-16-9-12;/h11-12,14,16H,4-10H2,1-3H3,(H,17,20)(H,18,19);1H/t12?,14-;/m0./s1. The number of halogens is 1. The third-order valence-electron chi connectivity index (χ3n) is 3.79. The fourth-order valence-electron chi connectivity index (χ4n) is 2.56. The van der Waals surface area contributed by atoms with Crippen molar-refractivity contribution in [2.75, 3.05) is 33.4 Å². The van der Waals surface area contributed by atoms with Crippen LogP contribution in [0.5, 0.6) is 0 Å². The maximum atomic E-state index is 12.2. The first-order valence-electron chi connectivity index (χ1n) is 7.81. The minimum absolute atomic E-state index is 0. The first-order chi connectivity index (χ1) is 10.0. The highest BCUT2D eigenvalue weighted by Gasteiger charge is 2.24. The van der Waals surface area contributed by atoms with E-state index in [1.165, 1.54) is 20.0 Å². The smallest absolute Gasteiger partial charge is 0.246 e. The minimum Gasteiger partial charge on any atom is -0.375 e. The van der Waals surface area contributed by atoms with E-state index in [9.17, 15) is 9.59 Å². The molecule has 0 saturated carbocycles. The molecule has 0 spiro atoms. The van der Waals surface area contributed by atoms with Crippen molar-refractivity contribution in [2.24, 2.45) is 11.8 Å². The molecule has 1 heterocycles. The highest BCUT2D eigenvalue weighted by molar-refractivity contribution is 5.88. The lowest BCUT2D eigenvalue weighted by atomic mass is 9.96. The van der Waals surface area contributed by atoms with Crippen molar-refractivity contribution in [2.45, 2.75) is 39.2 Å². The largest absolute Gasteiger partial charge is 0.375 e. The Bertz CT molecular complexity index is 334. The predicted octanol–water partition coefficient (Wildman–Crippen LogP) is 0.701. The Morgan fingerprint density at radius 3 is 2.64 bits per heavy atom. The molecule has 3 N–H and O–H groups in total. The molecule has 0 aromatic rings. The summed E-state index contributed by atoms with van der Waals surface area (Å²) in [5, 5.41) is 9.02. The van der Waals surface area contributed by atoms with Crippen molar-refractivity contribution in [1.29, 1.82) is 0 Å². The third-order valence-corrected chi connectivity index (χ3v) is 3.79. The van der Waals surface area contributed by atoms with Crippen LogP contribution >= 0.6 is 12.4 Å². The molecule has 1 saturated heterocycles. The van der Waals surface area contributed by atoms with Crippen molar-refractivity contribution < 1.29 is 14.3 Å². The number of nitrogens with one attached hydrogen (secondary N) is 3. The highest BCUT2D eigenvalue weighted by Crippen LogP contribution is 2.13. The predicted molar refractivity (Wildman–Crippen MR) is 89.1 cm³/mol. The molecule has 1 fully saturated rings. The van der Waals surface area contributed by atoms with Crippen molar-refractivity contribution in [3.05, 3.63) is 0 Å². The van der Waals surface area contributed by atoms with Gasteiger partial charge in [-0.05, 0) is 44.2 Å². The van der Waals surface area contributed by atoms with E-state index in [-0.39, 0.29) is 36.7 Å². The molecule has 1 aliphatic heterocycles. The Morgan fingerprint density at radius 1 is 1.36 bits per heavy atom. The molecule has 1 aliphatic rings. The van der Waals surface area contributed by atoms with E-state index in [0.29, 0.717) is 12.5 Å². The molecular formula is C15H30ClN3O3. The normalized spacial score (nSPS) is 19.2. The molecule has 130 valence electrons. The van der Waals surface area contributed by atoms with E-state index in [0.717, 1.165) is 19.5 Å². The van der Waals surface area contributed by atoms with Gasteiger partial charge in [-0.3, -0.25) is 9.59 Å². The molecule has 0 radical (unpaired) electrons. The molecule has 22 heavy (non-hydrogen) atoms. The lowest BCUT2D eigenvalue weighted by Gasteiger charge is -2.24. The lowest BCUT2D eigenvalue weighted by Crippen LogP contribution is -2.51. The Balaban J connectivity index is 0.00000441. The van der Waals surface area contributed by atoms with Gasteiger partial charge in [0.15, 0.2) is 0 Å². The summed E-state index contributed by atoms with van der Waals surface area (Å²) in [6.45, 7) is 6.61. The minimum atomic E-state index is -0.503. The number of hydrogen-bond acceptors (Lipinski definition) is 4. The Hall–Kier alpha value is -0.850. The van der Waals surface area contributed by atoms with Crippen LogP contribution in [0.4, 0.5) is 0 Å². The van der Waals surface area contributed by atoms with Gasteiger partial charge in [0.1, 0.15) is 12.6 Å². The van der Waals surface area contributed by atoms with Crippen LogP contribution in [0, 0.1) is 11.8 Å².